The lowest BCUT2D eigenvalue weighted by molar-refractivity contribution is 0.102. The predicted molar refractivity (Wildman–Crippen MR) is 101 cm³/mol. The summed E-state index contributed by atoms with van der Waals surface area (Å²) in [5.41, 5.74) is 4.33. The maximum Gasteiger partial charge on any atom is 0.260 e. The van der Waals surface area contributed by atoms with Crippen LogP contribution in [0.1, 0.15) is 21.6 Å². The minimum atomic E-state index is -0.199. The fourth-order valence-electron chi connectivity index (χ4n) is 2.71. The number of aryl methyl sites for hydroxylation is 1. The summed E-state index contributed by atoms with van der Waals surface area (Å²) in [6.07, 6.45) is 1.59. The van der Waals surface area contributed by atoms with Gasteiger partial charge in [-0.2, -0.15) is 5.10 Å². The van der Waals surface area contributed by atoms with Crippen molar-refractivity contribution in [3.8, 4) is 5.69 Å². The molecule has 0 fully saturated rings. The summed E-state index contributed by atoms with van der Waals surface area (Å²) in [5, 5.41) is 7.82. The predicted octanol–water partition coefficient (Wildman–Crippen LogP) is 4.35. The quantitative estimate of drug-likeness (QED) is 0.599. The zero-order valence-corrected chi connectivity index (χ0v) is 14.7. The Kier molecular flexibility index (Phi) is 3.82. The molecule has 0 radical (unpaired) electrons. The van der Waals surface area contributed by atoms with E-state index in [9.17, 15) is 4.79 Å². The van der Waals surface area contributed by atoms with Crippen LogP contribution in [-0.4, -0.2) is 20.7 Å². The summed E-state index contributed by atoms with van der Waals surface area (Å²) in [6.45, 7) is 3.93. The van der Waals surface area contributed by atoms with Crippen LogP contribution in [0, 0.1) is 13.8 Å². The molecule has 0 aliphatic rings. The van der Waals surface area contributed by atoms with Crippen LogP contribution in [-0.2, 0) is 0 Å². The van der Waals surface area contributed by atoms with Gasteiger partial charge in [-0.3, -0.25) is 10.1 Å². The molecule has 1 N–H and O–H groups in total. The van der Waals surface area contributed by atoms with Gasteiger partial charge in [0.1, 0.15) is 0 Å². The zero-order chi connectivity index (χ0) is 17.4. The number of carbonyl (C=O) groups is 1. The zero-order valence-electron chi connectivity index (χ0n) is 13.9. The van der Waals surface area contributed by atoms with Crippen LogP contribution in [0.15, 0.2) is 54.7 Å². The summed E-state index contributed by atoms with van der Waals surface area (Å²) in [6, 6.07) is 15.8. The number of hydrogen-bond acceptors (Lipinski definition) is 4. The van der Waals surface area contributed by atoms with Crippen LogP contribution < -0.4 is 5.32 Å². The first kappa shape index (κ1) is 15.5. The topological polar surface area (TPSA) is 59.8 Å². The molecule has 1 amide bonds. The summed E-state index contributed by atoms with van der Waals surface area (Å²) in [7, 11) is 0. The number of para-hydroxylation sites is 1. The molecule has 0 atom stereocenters. The van der Waals surface area contributed by atoms with Gasteiger partial charge in [0.25, 0.3) is 5.91 Å². The molecule has 0 saturated carbocycles. The second kappa shape index (κ2) is 6.14. The van der Waals surface area contributed by atoms with Crippen LogP contribution in [0.2, 0.25) is 0 Å². The summed E-state index contributed by atoms with van der Waals surface area (Å²) >= 11 is 1.47. The fraction of sp³-hybridized carbons (Fsp3) is 0.105. The first-order chi connectivity index (χ1) is 12.1. The van der Waals surface area contributed by atoms with E-state index < -0.39 is 0 Å². The standard InChI is InChI=1S/C19H16N4OS/c1-12-8-9-16-17(10-12)25-19(21-16)22-18(24)15-11-20-23(13(15)2)14-6-4-3-5-7-14/h3-11H,1-2H3,(H,21,22,24). The van der Waals surface area contributed by atoms with Crippen molar-refractivity contribution in [2.75, 3.05) is 5.32 Å². The van der Waals surface area contributed by atoms with Crippen molar-refractivity contribution < 1.29 is 4.79 Å². The second-order valence-corrected chi connectivity index (χ2v) is 6.87. The number of fused-ring (bicyclic) bond motifs is 1. The van der Waals surface area contributed by atoms with Gasteiger partial charge in [0.2, 0.25) is 0 Å². The number of aromatic nitrogens is 3. The number of benzene rings is 2. The van der Waals surface area contributed by atoms with Crippen LogP contribution in [0.5, 0.6) is 0 Å². The third-order valence-corrected chi connectivity index (χ3v) is 4.95. The Morgan fingerprint density at radius 2 is 1.92 bits per heavy atom. The normalized spacial score (nSPS) is 11.0. The molecule has 0 bridgehead atoms. The minimum Gasteiger partial charge on any atom is -0.298 e. The van der Waals surface area contributed by atoms with Crippen molar-refractivity contribution in [3.63, 3.8) is 0 Å². The van der Waals surface area contributed by atoms with E-state index in [0.29, 0.717) is 10.7 Å². The molecule has 6 heteroatoms. The monoisotopic (exact) mass is 348 g/mol. The molecule has 4 aromatic rings. The molecule has 0 saturated heterocycles. The van der Waals surface area contributed by atoms with E-state index in [1.807, 2.05) is 56.3 Å². The van der Waals surface area contributed by atoms with E-state index in [1.54, 1.807) is 10.9 Å². The first-order valence-corrected chi connectivity index (χ1v) is 8.72. The van der Waals surface area contributed by atoms with E-state index in [0.717, 1.165) is 21.6 Å². The highest BCUT2D eigenvalue weighted by Gasteiger charge is 2.16. The molecule has 4 rings (SSSR count). The Morgan fingerprint density at radius 3 is 2.72 bits per heavy atom. The van der Waals surface area contributed by atoms with Crippen molar-refractivity contribution in [3.05, 3.63) is 71.5 Å². The molecule has 0 aliphatic carbocycles. The molecule has 5 nitrogen and oxygen atoms in total. The number of amides is 1. The number of thiazole rings is 1. The fourth-order valence-corrected chi connectivity index (χ4v) is 3.67. The first-order valence-electron chi connectivity index (χ1n) is 7.90. The molecule has 2 aromatic carbocycles. The smallest absolute Gasteiger partial charge is 0.260 e. The largest absolute Gasteiger partial charge is 0.298 e. The lowest BCUT2D eigenvalue weighted by Gasteiger charge is -2.05. The highest BCUT2D eigenvalue weighted by Crippen LogP contribution is 2.27. The maximum absolute atomic E-state index is 12.6. The lowest BCUT2D eigenvalue weighted by atomic mass is 10.2. The van der Waals surface area contributed by atoms with Crippen LogP contribution >= 0.6 is 11.3 Å². The average Bonchev–Trinajstić information content (AvgIpc) is 3.18. The summed E-state index contributed by atoms with van der Waals surface area (Å²) < 4.78 is 2.82. The van der Waals surface area contributed by atoms with Crippen LogP contribution in [0.3, 0.4) is 0 Å². The van der Waals surface area contributed by atoms with Crippen molar-refractivity contribution in [2.24, 2.45) is 0 Å². The lowest BCUT2D eigenvalue weighted by Crippen LogP contribution is -2.12. The van der Waals surface area contributed by atoms with Gasteiger partial charge in [-0.05, 0) is 43.7 Å². The molecule has 0 spiro atoms. The van der Waals surface area contributed by atoms with Crippen molar-refractivity contribution >= 4 is 32.6 Å². The Labute approximate surface area is 149 Å². The van der Waals surface area contributed by atoms with Crippen molar-refractivity contribution in [1.82, 2.24) is 14.8 Å². The number of carbonyl (C=O) groups excluding carboxylic acids is 1. The van der Waals surface area contributed by atoms with Gasteiger partial charge in [-0.25, -0.2) is 9.67 Å². The maximum atomic E-state index is 12.6. The van der Waals surface area contributed by atoms with Crippen LogP contribution in [0.25, 0.3) is 15.9 Å². The van der Waals surface area contributed by atoms with E-state index in [1.165, 1.54) is 16.9 Å². The van der Waals surface area contributed by atoms with Crippen LogP contribution in [0.4, 0.5) is 5.13 Å². The average molecular weight is 348 g/mol. The molecule has 0 unspecified atom stereocenters. The number of rotatable bonds is 3. The third kappa shape index (κ3) is 2.92. The highest BCUT2D eigenvalue weighted by atomic mass is 32.1. The van der Waals surface area contributed by atoms with Crippen molar-refractivity contribution in [1.29, 1.82) is 0 Å². The summed E-state index contributed by atoms with van der Waals surface area (Å²) in [4.78, 5) is 17.1. The Hall–Kier alpha value is -2.99. The summed E-state index contributed by atoms with van der Waals surface area (Å²) in [5.74, 6) is -0.199. The second-order valence-electron chi connectivity index (χ2n) is 5.84. The van der Waals surface area contributed by atoms with Gasteiger partial charge in [0.05, 0.1) is 33.4 Å². The SMILES string of the molecule is Cc1ccc2nc(NC(=O)c3cnn(-c4ccccc4)c3C)sc2c1. The van der Waals surface area contributed by atoms with Crippen molar-refractivity contribution in [2.45, 2.75) is 13.8 Å². The molecular weight excluding hydrogens is 332 g/mol. The van der Waals surface area contributed by atoms with Gasteiger partial charge < -0.3 is 0 Å². The molecule has 25 heavy (non-hydrogen) atoms. The minimum absolute atomic E-state index is 0.199. The van der Waals surface area contributed by atoms with E-state index in [-0.39, 0.29) is 5.91 Å². The Morgan fingerprint density at radius 1 is 1.12 bits per heavy atom. The molecule has 124 valence electrons. The van der Waals surface area contributed by atoms with E-state index in [2.05, 4.69) is 21.5 Å². The third-order valence-electron chi connectivity index (χ3n) is 4.02. The van der Waals surface area contributed by atoms with Gasteiger partial charge in [-0.15, -0.1) is 0 Å². The van der Waals surface area contributed by atoms with E-state index in [4.69, 9.17) is 0 Å². The van der Waals surface area contributed by atoms with Gasteiger partial charge in [0.15, 0.2) is 5.13 Å². The molecular formula is C19H16N4OS. The van der Waals surface area contributed by atoms with Gasteiger partial charge >= 0.3 is 0 Å². The highest BCUT2D eigenvalue weighted by molar-refractivity contribution is 7.22. The van der Waals surface area contributed by atoms with Gasteiger partial charge in [-0.1, -0.05) is 35.6 Å². The molecule has 2 heterocycles. The number of anilines is 1. The van der Waals surface area contributed by atoms with Gasteiger partial charge in [0, 0.05) is 0 Å². The molecule has 2 aromatic heterocycles. The van der Waals surface area contributed by atoms with E-state index >= 15 is 0 Å². The number of nitrogens with zero attached hydrogens (tertiary/aromatic N) is 3. The number of nitrogens with one attached hydrogen (secondary N) is 1. The Bertz CT molecular complexity index is 1070. The Balaban J connectivity index is 1.61. The number of hydrogen-bond donors (Lipinski definition) is 1. The molecule has 0 aliphatic heterocycles.